The van der Waals surface area contributed by atoms with Gasteiger partial charge in [-0.3, -0.25) is 0 Å². The third-order valence-electron chi connectivity index (χ3n) is 2.49. The summed E-state index contributed by atoms with van der Waals surface area (Å²) >= 11 is 0. The van der Waals surface area contributed by atoms with Gasteiger partial charge in [0.15, 0.2) is 0 Å². The summed E-state index contributed by atoms with van der Waals surface area (Å²) in [6, 6.07) is 0. The maximum atomic E-state index is 9.06. The van der Waals surface area contributed by atoms with Crippen LogP contribution < -0.4 is 0 Å². The van der Waals surface area contributed by atoms with E-state index in [1.807, 2.05) is 6.92 Å². The van der Waals surface area contributed by atoms with Crippen molar-refractivity contribution in [1.82, 2.24) is 0 Å². The van der Waals surface area contributed by atoms with Gasteiger partial charge < -0.3 is 9.84 Å². The molecule has 1 aliphatic rings. The number of hydrogen-bond acceptors (Lipinski definition) is 2. The molecule has 1 fully saturated rings. The molecule has 1 rings (SSSR count). The molecule has 11 heavy (non-hydrogen) atoms. The monoisotopic (exact) mass is 158 g/mol. The van der Waals surface area contributed by atoms with Crippen molar-refractivity contribution in [2.75, 3.05) is 6.61 Å². The van der Waals surface area contributed by atoms with E-state index in [4.69, 9.17) is 9.84 Å². The largest absolute Gasteiger partial charge is 0.393 e. The van der Waals surface area contributed by atoms with Crippen LogP contribution >= 0.6 is 0 Å². The van der Waals surface area contributed by atoms with Crippen LogP contribution in [0.4, 0.5) is 0 Å². The van der Waals surface area contributed by atoms with Crippen molar-refractivity contribution in [3.05, 3.63) is 0 Å². The molecule has 66 valence electrons. The first-order chi connectivity index (χ1) is 5.20. The molecule has 0 aliphatic carbocycles. The highest BCUT2D eigenvalue weighted by atomic mass is 16.5. The van der Waals surface area contributed by atoms with Crippen molar-refractivity contribution < 1.29 is 9.84 Å². The zero-order chi connectivity index (χ0) is 8.27. The summed E-state index contributed by atoms with van der Waals surface area (Å²) in [5.74, 6) is 0.685. The number of rotatable bonds is 3. The molecule has 0 spiro atoms. The lowest BCUT2D eigenvalue weighted by Gasteiger charge is -2.14. The smallest absolute Gasteiger partial charge is 0.0576 e. The molecule has 1 saturated heterocycles. The quantitative estimate of drug-likeness (QED) is 0.675. The molecule has 0 bridgehead atoms. The Morgan fingerprint density at radius 1 is 1.64 bits per heavy atom. The molecule has 1 heterocycles. The second-order valence-corrected chi connectivity index (χ2v) is 3.55. The summed E-state index contributed by atoms with van der Waals surface area (Å²) in [6.07, 6.45) is 3.46. The second-order valence-electron chi connectivity index (χ2n) is 3.55. The van der Waals surface area contributed by atoms with E-state index < -0.39 is 0 Å². The van der Waals surface area contributed by atoms with Gasteiger partial charge in [0, 0.05) is 6.61 Å². The lowest BCUT2D eigenvalue weighted by atomic mass is 9.96. The van der Waals surface area contributed by atoms with E-state index in [0.29, 0.717) is 12.0 Å². The Balaban J connectivity index is 2.15. The van der Waals surface area contributed by atoms with Gasteiger partial charge in [0.05, 0.1) is 12.2 Å². The average molecular weight is 158 g/mol. The molecule has 0 aromatic rings. The van der Waals surface area contributed by atoms with Crippen LogP contribution in [0.15, 0.2) is 0 Å². The Labute approximate surface area is 68.6 Å². The van der Waals surface area contributed by atoms with Gasteiger partial charge in [0.1, 0.15) is 0 Å². The van der Waals surface area contributed by atoms with Crippen molar-refractivity contribution in [1.29, 1.82) is 0 Å². The highest BCUT2D eigenvalue weighted by Crippen LogP contribution is 2.25. The Kier molecular flexibility index (Phi) is 3.34. The summed E-state index contributed by atoms with van der Waals surface area (Å²) in [6.45, 7) is 4.88. The molecule has 2 heteroatoms. The zero-order valence-corrected chi connectivity index (χ0v) is 7.42. The first-order valence-corrected chi connectivity index (χ1v) is 4.50. The first-order valence-electron chi connectivity index (χ1n) is 4.50. The minimum absolute atomic E-state index is 0.150. The second kappa shape index (κ2) is 4.07. The Morgan fingerprint density at radius 2 is 2.36 bits per heavy atom. The molecule has 0 saturated carbocycles. The van der Waals surface area contributed by atoms with Crippen molar-refractivity contribution in [2.45, 2.75) is 45.3 Å². The number of ether oxygens (including phenoxy) is 1. The highest BCUT2D eigenvalue weighted by molar-refractivity contribution is 4.72. The van der Waals surface area contributed by atoms with Gasteiger partial charge in [-0.15, -0.1) is 0 Å². The van der Waals surface area contributed by atoms with Gasteiger partial charge in [0.25, 0.3) is 0 Å². The molecule has 1 N–H and O–H groups in total. The van der Waals surface area contributed by atoms with E-state index in [2.05, 4.69) is 6.92 Å². The fourth-order valence-corrected chi connectivity index (χ4v) is 1.61. The van der Waals surface area contributed by atoms with Crippen LogP contribution in [0, 0.1) is 5.92 Å². The minimum Gasteiger partial charge on any atom is -0.393 e. The van der Waals surface area contributed by atoms with Crippen molar-refractivity contribution >= 4 is 0 Å². The van der Waals surface area contributed by atoms with E-state index in [9.17, 15) is 0 Å². The van der Waals surface area contributed by atoms with Gasteiger partial charge in [0.2, 0.25) is 0 Å². The number of aliphatic hydroxyl groups excluding tert-OH is 1. The van der Waals surface area contributed by atoms with E-state index in [1.54, 1.807) is 0 Å². The Morgan fingerprint density at radius 3 is 2.82 bits per heavy atom. The summed E-state index contributed by atoms with van der Waals surface area (Å²) in [5.41, 5.74) is 0. The Hall–Kier alpha value is -0.0800. The van der Waals surface area contributed by atoms with Gasteiger partial charge in [-0.25, -0.2) is 0 Å². The summed E-state index contributed by atoms with van der Waals surface area (Å²) in [5, 5.41) is 9.06. The molecular formula is C9H18O2. The van der Waals surface area contributed by atoms with Crippen LogP contribution in [-0.2, 0) is 4.74 Å². The number of hydrogen-bond donors (Lipinski definition) is 1. The van der Waals surface area contributed by atoms with Crippen LogP contribution in [0.3, 0.4) is 0 Å². The molecule has 3 atom stereocenters. The molecular weight excluding hydrogens is 140 g/mol. The lowest BCUT2D eigenvalue weighted by molar-refractivity contribution is 0.0972. The Bertz CT molecular complexity index is 112. The molecule has 0 aromatic carbocycles. The predicted octanol–water partition coefficient (Wildman–Crippen LogP) is 1.57. The third-order valence-corrected chi connectivity index (χ3v) is 2.49. The van der Waals surface area contributed by atoms with E-state index >= 15 is 0 Å². The molecule has 0 radical (unpaired) electrons. The zero-order valence-electron chi connectivity index (χ0n) is 7.42. The van der Waals surface area contributed by atoms with Gasteiger partial charge in [-0.05, 0) is 39.0 Å². The van der Waals surface area contributed by atoms with Gasteiger partial charge in [-0.1, -0.05) is 0 Å². The maximum Gasteiger partial charge on any atom is 0.0576 e. The van der Waals surface area contributed by atoms with Crippen molar-refractivity contribution in [2.24, 2.45) is 5.92 Å². The topological polar surface area (TPSA) is 29.5 Å². The van der Waals surface area contributed by atoms with Crippen molar-refractivity contribution in [3.63, 3.8) is 0 Å². The van der Waals surface area contributed by atoms with E-state index in [-0.39, 0.29) is 6.10 Å². The summed E-state index contributed by atoms with van der Waals surface area (Å²) < 4.78 is 5.42. The molecule has 0 aromatic heterocycles. The maximum absolute atomic E-state index is 9.06. The van der Waals surface area contributed by atoms with Crippen LogP contribution in [0.1, 0.15) is 33.1 Å². The predicted molar refractivity (Wildman–Crippen MR) is 44.4 cm³/mol. The van der Waals surface area contributed by atoms with Crippen LogP contribution in [0.5, 0.6) is 0 Å². The van der Waals surface area contributed by atoms with Crippen molar-refractivity contribution in [3.8, 4) is 0 Å². The fourth-order valence-electron chi connectivity index (χ4n) is 1.61. The van der Waals surface area contributed by atoms with Crippen LogP contribution in [0.2, 0.25) is 0 Å². The normalized spacial score (nSPS) is 34.1. The van der Waals surface area contributed by atoms with Gasteiger partial charge >= 0.3 is 0 Å². The summed E-state index contributed by atoms with van der Waals surface area (Å²) in [4.78, 5) is 0. The first kappa shape index (κ1) is 9.01. The SMILES string of the molecule is CC(O)CCC1CCOC1C. The van der Waals surface area contributed by atoms with Crippen LogP contribution in [-0.4, -0.2) is 23.9 Å². The molecule has 2 nitrogen and oxygen atoms in total. The summed E-state index contributed by atoms with van der Waals surface area (Å²) in [7, 11) is 0. The van der Waals surface area contributed by atoms with Crippen LogP contribution in [0.25, 0.3) is 0 Å². The standard InChI is InChI=1S/C9H18O2/c1-7(10)3-4-9-5-6-11-8(9)2/h7-10H,3-6H2,1-2H3. The van der Waals surface area contributed by atoms with E-state index in [0.717, 1.165) is 19.4 Å². The highest BCUT2D eigenvalue weighted by Gasteiger charge is 2.23. The average Bonchev–Trinajstić information content (AvgIpc) is 2.31. The third kappa shape index (κ3) is 2.80. The lowest BCUT2D eigenvalue weighted by Crippen LogP contribution is -2.13. The molecule has 1 aliphatic heterocycles. The molecule has 3 unspecified atom stereocenters. The van der Waals surface area contributed by atoms with E-state index in [1.165, 1.54) is 6.42 Å². The minimum atomic E-state index is -0.150. The fraction of sp³-hybridized carbons (Fsp3) is 1.00. The van der Waals surface area contributed by atoms with Gasteiger partial charge in [-0.2, -0.15) is 0 Å². The molecule has 0 amide bonds. The number of aliphatic hydroxyl groups is 1.